The number of likely N-dealkylation sites (tertiary alicyclic amines) is 1. The standard InChI is InChI=1S/C11H17N3O2S/c1-2-16-11(15)14-6-3-9(4-7-14)13-10-12-5-8-17-10/h5,8-9H,2-4,6-7H2,1H3,(H,12,13). The molecule has 2 rings (SSSR count). The summed E-state index contributed by atoms with van der Waals surface area (Å²) in [5, 5.41) is 6.29. The first-order valence-electron chi connectivity index (χ1n) is 5.87. The van der Waals surface area contributed by atoms with Crippen LogP contribution in [0.2, 0.25) is 0 Å². The van der Waals surface area contributed by atoms with E-state index in [0.29, 0.717) is 12.6 Å². The summed E-state index contributed by atoms with van der Waals surface area (Å²) in [5.74, 6) is 0. The van der Waals surface area contributed by atoms with Crippen molar-refractivity contribution in [3.8, 4) is 0 Å². The Hall–Kier alpha value is -1.30. The largest absolute Gasteiger partial charge is 0.450 e. The number of piperidine rings is 1. The number of ether oxygens (including phenoxy) is 1. The second kappa shape index (κ2) is 5.86. The number of hydrogen-bond donors (Lipinski definition) is 1. The van der Waals surface area contributed by atoms with Gasteiger partial charge in [-0.05, 0) is 19.8 Å². The van der Waals surface area contributed by atoms with Gasteiger partial charge in [0.1, 0.15) is 0 Å². The highest BCUT2D eigenvalue weighted by atomic mass is 32.1. The van der Waals surface area contributed by atoms with Gasteiger partial charge in [0.2, 0.25) is 0 Å². The van der Waals surface area contributed by atoms with Gasteiger partial charge in [-0.25, -0.2) is 9.78 Å². The Morgan fingerprint density at radius 3 is 3.00 bits per heavy atom. The topological polar surface area (TPSA) is 54.5 Å². The molecule has 1 saturated heterocycles. The Labute approximate surface area is 105 Å². The molecule has 94 valence electrons. The van der Waals surface area contributed by atoms with E-state index >= 15 is 0 Å². The van der Waals surface area contributed by atoms with Crippen molar-refractivity contribution in [1.29, 1.82) is 0 Å². The summed E-state index contributed by atoms with van der Waals surface area (Å²) in [5.41, 5.74) is 0. The van der Waals surface area contributed by atoms with Crippen LogP contribution < -0.4 is 5.32 Å². The molecule has 1 aromatic rings. The van der Waals surface area contributed by atoms with Crippen molar-refractivity contribution in [2.24, 2.45) is 0 Å². The number of hydrogen-bond acceptors (Lipinski definition) is 5. The van der Waals surface area contributed by atoms with Gasteiger partial charge in [-0.1, -0.05) is 0 Å². The molecule has 1 aliphatic rings. The lowest BCUT2D eigenvalue weighted by Gasteiger charge is -2.31. The minimum absolute atomic E-state index is 0.194. The van der Waals surface area contributed by atoms with Gasteiger partial charge < -0.3 is 15.0 Å². The number of nitrogens with zero attached hydrogens (tertiary/aromatic N) is 2. The van der Waals surface area contributed by atoms with E-state index in [2.05, 4.69) is 10.3 Å². The molecule has 0 saturated carbocycles. The molecular weight excluding hydrogens is 238 g/mol. The zero-order valence-corrected chi connectivity index (χ0v) is 10.7. The number of anilines is 1. The lowest BCUT2D eigenvalue weighted by atomic mass is 10.1. The number of amides is 1. The van der Waals surface area contributed by atoms with Gasteiger partial charge in [-0.3, -0.25) is 0 Å². The number of thiazole rings is 1. The normalized spacial score (nSPS) is 16.9. The maximum Gasteiger partial charge on any atom is 0.409 e. The van der Waals surface area contributed by atoms with Crippen LogP contribution in [0.15, 0.2) is 11.6 Å². The van der Waals surface area contributed by atoms with Crippen molar-refractivity contribution < 1.29 is 9.53 Å². The zero-order chi connectivity index (χ0) is 12.1. The predicted molar refractivity (Wildman–Crippen MR) is 67.4 cm³/mol. The van der Waals surface area contributed by atoms with E-state index < -0.39 is 0 Å². The molecule has 5 nitrogen and oxygen atoms in total. The van der Waals surface area contributed by atoms with E-state index in [1.165, 1.54) is 0 Å². The van der Waals surface area contributed by atoms with Crippen LogP contribution in [0.5, 0.6) is 0 Å². The third-order valence-corrected chi connectivity index (χ3v) is 3.49. The predicted octanol–water partition coefficient (Wildman–Crippen LogP) is 2.18. The summed E-state index contributed by atoms with van der Waals surface area (Å²) in [4.78, 5) is 17.5. The van der Waals surface area contributed by atoms with Gasteiger partial charge in [-0.2, -0.15) is 0 Å². The van der Waals surface area contributed by atoms with Crippen LogP contribution >= 0.6 is 11.3 Å². The molecule has 0 aromatic carbocycles. The number of aromatic nitrogens is 1. The van der Waals surface area contributed by atoms with E-state index in [4.69, 9.17) is 4.74 Å². The monoisotopic (exact) mass is 255 g/mol. The van der Waals surface area contributed by atoms with Crippen molar-refractivity contribution in [2.75, 3.05) is 25.0 Å². The van der Waals surface area contributed by atoms with Crippen molar-refractivity contribution in [3.63, 3.8) is 0 Å². The summed E-state index contributed by atoms with van der Waals surface area (Å²) in [6.07, 6.45) is 3.48. The number of nitrogens with one attached hydrogen (secondary N) is 1. The smallest absolute Gasteiger partial charge is 0.409 e. The van der Waals surface area contributed by atoms with Gasteiger partial charge in [0, 0.05) is 30.7 Å². The van der Waals surface area contributed by atoms with Gasteiger partial charge in [0.15, 0.2) is 5.13 Å². The minimum atomic E-state index is -0.194. The molecule has 1 N–H and O–H groups in total. The molecule has 6 heteroatoms. The maximum atomic E-state index is 11.5. The summed E-state index contributed by atoms with van der Waals surface area (Å²) in [6, 6.07) is 0.409. The molecule has 0 aliphatic carbocycles. The van der Waals surface area contributed by atoms with E-state index in [-0.39, 0.29) is 6.09 Å². The summed E-state index contributed by atoms with van der Waals surface area (Å²) < 4.78 is 4.98. The van der Waals surface area contributed by atoms with Gasteiger partial charge >= 0.3 is 6.09 Å². The van der Waals surface area contributed by atoms with E-state index in [9.17, 15) is 4.79 Å². The number of carbonyl (C=O) groups is 1. The lowest BCUT2D eigenvalue weighted by Crippen LogP contribution is -2.42. The SMILES string of the molecule is CCOC(=O)N1CCC(Nc2nccs2)CC1. The van der Waals surface area contributed by atoms with Crippen LogP contribution in [0.25, 0.3) is 0 Å². The van der Waals surface area contributed by atoms with E-state index in [1.54, 1.807) is 22.4 Å². The maximum absolute atomic E-state index is 11.5. The van der Waals surface area contributed by atoms with Crippen LogP contribution in [-0.4, -0.2) is 41.7 Å². The molecule has 1 fully saturated rings. The Morgan fingerprint density at radius 2 is 2.41 bits per heavy atom. The third kappa shape index (κ3) is 3.33. The molecule has 0 unspecified atom stereocenters. The highest BCUT2D eigenvalue weighted by molar-refractivity contribution is 7.13. The first-order chi connectivity index (χ1) is 8.29. The Kier molecular flexibility index (Phi) is 4.19. The van der Waals surface area contributed by atoms with Gasteiger partial charge in [0.05, 0.1) is 6.61 Å². The van der Waals surface area contributed by atoms with Gasteiger partial charge in [0.25, 0.3) is 0 Å². The molecule has 1 amide bonds. The quantitative estimate of drug-likeness (QED) is 0.899. The molecular formula is C11H17N3O2S. The van der Waals surface area contributed by atoms with Crippen LogP contribution in [0.4, 0.5) is 9.93 Å². The number of rotatable bonds is 3. The van der Waals surface area contributed by atoms with Crippen LogP contribution in [0, 0.1) is 0 Å². The first kappa shape index (κ1) is 12.2. The molecule has 17 heavy (non-hydrogen) atoms. The first-order valence-corrected chi connectivity index (χ1v) is 6.75. The fourth-order valence-electron chi connectivity index (χ4n) is 1.89. The molecule has 1 aromatic heterocycles. The van der Waals surface area contributed by atoms with Crippen LogP contribution in [0.3, 0.4) is 0 Å². The van der Waals surface area contributed by atoms with E-state index in [0.717, 1.165) is 31.1 Å². The average molecular weight is 255 g/mol. The fourth-order valence-corrected chi connectivity index (χ4v) is 2.50. The molecule has 0 spiro atoms. The molecule has 0 bridgehead atoms. The highest BCUT2D eigenvalue weighted by Gasteiger charge is 2.23. The lowest BCUT2D eigenvalue weighted by molar-refractivity contribution is 0.0983. The molecule has 0 atom stereocenters. The number of carbonyl (C=O) groups excluding carboxylic acids is 1. The van der Waals surface area contributed by atoms with Crippen molar-refractivity contribution >= 4 is 22.6 Å². The second-order valence-corrected chi connectivity index (χ2v) is 4.84. The van der Waals surface area contributed by atoms with Crippen molar-refractivity contribution in [1.82, 2.24) is 9.88 Å². The van der Waals surface area contributed by atoms with Crippen molar-refractivity contribution in [2.45, 2.75) is 25.8 Å². The summed E-state index contributed by atoms with van der Waals surface area (Å²) >= 11 is 1.60. The fraction of sp³-hybridized carbons (Fsp3) is 0.636. The highest BCUT2D eigenvalue weighted by Crippen LogP contribution is 2.18. The van der Waals surface area contributed by atoms with Crippen LogP contribution in [0.1, 0.15) is 19.8 Å². The minimum Gasteiger partial charge on any atom is -0.450 e. The Morgan fingerprint density at radius 1 is 1.65 bits per heavy atom. The Balaban J connectivity index is 1.76. The van der Waals surface area contributed by atoms with Gasteiger partial charge in [-0.15, -0.1) is 11.3 Å². The van der Waals surface area contributed by atoms with Crippen molar-refractivity contribution in [3.05, 3.63) is 11.6 Å². The summed E-state index contributed by atoms with van der Waals surface area (Å²) in [6.45, 7) is 3.77. The Bertz CT molecular complexity index is 348. The van der Waals surface area contributed by atoms with E-state index in [1.807, 2.05) is 12.3 Å². The third-order valence-electron chi connectivity index (χ3n) is 2.78. The molecule has 2 heterocycles. The zero-order valence-electron chi connectivity index (χ0n) is 9.89. The molecule has 0 radical (unpaired) electrons. The summed E-state index contributed by atoms with van der Waals surface area (Å²) in [7, 11) is 0. The average Bonchev–Trinajstić information content (AvgIpc) is 2.83. The molecule has 1 aliphatic heterocycles. The second-order valence-electron chi connectivity index (χ2n) is 3.94. The van der Waals surface area contributed by atoms with Crippen LogP contribution in [-0.2, 0) is 4.74 Å².